The Morgan fingerprint density at radius 1 is 1.08 bits per heavy atom. The molecule has 0 fully saturated rings. The molecule has 128 valence electrons. The molecule has 0 unspecified atom stereocenters. The zero-order valence-corrected chi connectivity index (χ0v) is 14.5. The van der Waals surface area contributed by atoms with Crippen LogP contribution in [0.5, 0.6) is 0 Å². The first-order chi connectivity index (χ1) is 11.7. The van der Waals surface area contributed by atoms with Crippen LogP contribution in [0.3, 0.4) is 0 Å². The van der Waals surface area contributed by atoms with Gasteiger partial charge < -0.3 is 10.2 Å². The third kappa shape index (κ3) is 5.65. The van der Waals surface area contributed by atoms with Crippen LogP contribution in [0.15, 0.2) is 42.7 Å². The average molecular weight is 326 g/mol. The number of carbonyl (C=O) groups is 1. The fourth-order valence-corrected chi connectivity index (χ4v) is 2.56. The molecular weight excluding hydrogens is 300 g/mol. The molecule has 0 radical (unpaired) electrons. The number of nitrogens with one attached hydrogen (secondary N) is 1. The predicted octanol–water partition coefficient (Wildman–Crippen LogP) is 2.61. The molecule has 0 aromatic carbocycles. The number of nitrogens with zero attached hydrogens (tertiary/aromatic N) is 3. The molecule has 0 aliphatic heterocycles. The Morgan fingerprint density at radius 2 is 1.92 bits per heavy atom. The van der Waals surface area contributed by atoms with E-state index in [9.17, 15) is 4.79 Å². The van der Waals surface area contributed by atoms with Gasteiger partial charge in [-0.3, -0.25) is 9.78 Å². The number of carbonyl (C=O) groups excluding carboxylic acids is 1. The molecule has 0 bridgehead atoms. The van der Waals surface area contributed by atoms with Crippen molar-refractivity contribution in [2.24, 2.45) is 0 Å². The Labute approximate surface area is 144 Å². The summed E-state index contributed by atoms with van der Waals surface area (Å²) < 4.78 is 0. The van der Waals surface area contributed by atoms with Gasteiger partial charge in [-0.15, -0.1) is 0 Å². The number of hydrogen-bond donors (Lipinski definition) is 1. The summed E-state index contributed by atoms with van der Waals surface area (Å²) in [7, 11) is 0. The van der Waals surface area contributed by atoms with Crippen molar-refractivity contribution in [3.05, 3.63) is 54.0 Å². The van der Waals surface area contributed by atoms with Gasteiger partial charge in [-0.2, -0.15) is 0 Å². The first-order valence-electron chi connectivity index (χ1n) is 8.59. The number of aromatic nitrogens is 2. The van der Waals surface area contributed by atoms with Gasteiger partial charge in [-0.25, -0.2) is 4.98 Å². The van der Waals surface area contributed by atoms with Gasteiger partial charge in [0.1, 0.15) is 5.82 Å². The molecule has 5 heteroatoms. The van der Waals surface area contributed by atoms with E-state index in [2.05, 4.69) is 40.1 Å². The second kappa shape index (κ2) is 9.65. The molecule has 2 aromatic heterocycles. The van der Waals surface area contributed by atoms with E-state index in [1.54, 1.807) is 6.20 Å². The van der Waals surface area contributed by atoms with Gasteiger partial charge in [0.2, 0.25) is 5.91 Å². The van der Waals surface area contributed by atoms with Crippen molar-refractivity contribution in [3.8, 4) is 0 Å². The number of anilines is 1. The summed E-state index contributed by atoms with van der Waals surface area (Å²) in [5, 5.41) is 2.96. The maximum absolute atomic E-state index is 12.0. The third-order valence-electron chi connectivity index (χ3n) is 3.97. The van der Waals surface area contributed by atoms with E-state index in [-0.39, 0.29) is 5.91 Å². The van der Waals surface area contributed by atoms with Crippen molar-refractivity contribution in [1.82, 2.24) is 15.3 Å². The fourth-order valence-electron chi connectivity index (χ4n) is 2.56. The van der Waals surface area contributed by atoms with Gasteiger partial charge >= 0.3 is 0 Å². The molecule has 2 heterocycles. The van der Waals surface area contributed by atoms with Gasteiger partial charge in [-0.1, -0.05) is 6.07 Å². The van der Waals surface area contributed by atoms with Crippen LogP contribution in [0.1, 0.15) is 31.5 Å². The van der Waals surface area contributed by atoms with Gasteiger partial charge in [0.05, 0.1) is 0 Å². The first-order valence-corrected chi connectivity index (χ1v) is 8.59. The van der Waals surface area contributed by atoms with Crippen molar-refractivity contribution in [2.75, 3.05) is 24.5 Å². The molecular formula is C19H26N4O. The number of amides is 1. The van der Waals surface area contributed by atoms with Crippen LogP contribution in [0.2, 0.25) is 0 Å². The summed E-state index contributed by atoms with van der Waals surface area (Å²) in [6, 6.07) is 9.88. The smallest absolute Gasteiger partial charge is 0.220 e. The van der Waals surface area contributed by atoms with Gasteiger partial charge in [0, 0.05) is 50.6 Å². The van der Waals surface area contributed by atoms with Crippen LogP contribution >= 0.6 is 0 Å². The normalized spacial score (nSPS) is 10.4. The van der Waals surface area contributed by atoms with E-state index < -0.39 is 0 Å². The van der Waals surface area contributed by atoms with E-state index in [1.807, 2.05) is 30.5 Å². The Balaban J connectivity index is 1.76. The molecule has 1 amide bonds. The van der Waals surface area contributed by atoms with Crippen molar-refractivity contribution in [2.45, 2.75) is 33.1 Å². The minimum absolute atomic E-state index is 0.0760. The maximum atomic E-state index is 12.0. The lowest BCUT2D eigenvalue weighted by Crippen LogP contribution is -2.26. The lowest BCUT2D eigenvalue weighted by atomic mass is 10.1. The predicted molar refractivity (Wildman–Crippen MR) is 97.1 cm³/mol. The molecule has 5 nitrogen and oxygen atoms in total. The highest BCUT2D eigenvalue weighted by molar-refractivity contribution is 5.76. The molecule has 0 saturated carbocycles. The molecule has 1 N–H and O–H groups in total. The zero-order chi connectivity index (χ0) is 17.2. The summed E-state index contributed by atoms with van der Waals surface area (Å²) >= 11 is 0. The molecule has 2 aromatic rings. The van der Waals surface area contributed by atoms with E-state index in [4.69, 9.17) is 0 Å². The zero-order valence-electron chi connectivity index (χ0n) is 14.5. The highest BCUT2D eigenvalue weighted by atomic mass is 16.1. The second-order valence-corrected chi connectivity index (χ2v) is 5.62. The van der Waals surface area contributed by atoms with Gasteiger partial charge in [0.25, 0.3) is 0 Å². The van der Waals surface area contributed by atoms with Crippen LogP contribution in [0.4, 0.5) is 5.82 Å². The Kier molecular flexibility index (Phi) is 7.21. The van der Waals surface area contributed by atoms with E-state index in [0.717, 1.165) is 43.0 Å². The molecule has 0 spiro atoms. The van der Waals surface area contributed by atoms with Crippen LogP contribution in [0, 0.1) is 0 Å². The van der Waals surface area contributed by atoms with Crippen molar-refractivity contribution in [3.63, 3.8) is 0 Å². The molecule has 0 aliphatic carbocycles. The minimum atomic E-state index is 0.0760. The lowest BCUT2D eigenvalue weighted by Gasteiger charge is -2.20. The first kappa shape index (κ1) is 17.9. The lowest BCUT2D eigenvalue weighted by molar-refractivity contribution is -0.121. The minimum Gasteiger partial charge on any atom is -0.357 e. The Hall–Kier alpha value is -2.43. The van der Waals surface area contributed by atoms with Crippen LogP contribution < -0.4 is 10.2 Å². The van der Waals surface area contributed by atoms with E-state index >= 15 is 0 Å². The molecule has 0 atom stereocenters. The number of rotatable bonds is 9. The Morgan fingerprint density at radius 3 is 2.62 bits per heavy atom. The summed E-state index contributed by atoms with van der Waals surface area (Å²) in [6.07, 6.45) is 5.57. The summed E-state index contributed by atoms with van der Waals surface area (Å²) in [5.41, 5.74) is 2.14. The molecule has 0 saturated heterocycles. The Bertz CT molecular complexity index is 626. The standard InChI is InChI=1S/C19H26N4O/c1-3-23(4-2)18-15-16(10-13-21-18)8-9-19(24)22-14-11-17-7-5-6-12-20-17/h5-7,10,12-13,15H,3-4,8-9,11,14H2,1-2H3,(H,22,24). The molecule has 2 rings (SSSR count). The number of hydrogen-bond acceptors (Lipinski definition) is 4. The summed E-state index contributed by atoms with van der Waals surface area (Å²) in [6.45, 7) is 6.72. The van der Waals surface area contributed by atoms with E-state index in [1.165, 1.54) is 0 Å². The summed E-state index contributed by atoms with van der Waals surface area (Å²) in [4.78, 5) is 22.8. The van der Waals surface area contributed by atoms with Crippen LogP contribution in [-0.4, -0.2) is 35.5 Å². The highest BCUT2D eigenvalue weighted by Gasteiger charge is 2.06. The van der Waals surface area contributed by atoms with Gasteiger partial charge in [-0.05, 0) is 50.1 Å². The third-order valence-corrected chi connectivity index (χ3v) is 3.97. The second-order valence-electron chi connectivity index (χ2n) is 5.62. The largest absolute Gasteiger partial charge is 0.357 e. The summed E-state index contributed by atoms with van der Waals surface area (Å²) in [5.74, 6) is 1.06. The number of pyridine rings is 2. The van der Waals surface area contributed by atoms with Crippen LogP contribution in [0.25, 0.3) is 0 Å². The molecule has 0 aliphatic rings. The topological polar surface area (TPSA) is 58.1 Å². The fraction of sp³-hybridized carbons (Fsp3) is 0.421. The maximum Gasteiger partial charge on any atom is 0.220 e. The van der Waals surface area contributed by atoms with Crippen molar-refractivity contribution >= 4 is 11.7 Å². The number of aryl methyl sites for hydroxylation is 1. The average Bonchev–Trinajstić information content (AvgIpc) is 2.62. The van der Waals surface area contributed by atoms with Crippen molar-refractivity contribution in [1.29, 1.82) is 0 Å². The molecule has 24 heavy (non-hydrogen) atoms. The quantitative estimate of drug-likeness (QED) is 0.769. The van der Waals surface area contributed by atoms with Crippen molar-refractivity contribution < 1.29 is 4.79 Å². The monoisotopic (exact) mass is 326 g/mol. The SMILES string of the molecule is CCN(CC)c1cc(CCC(=O)NCCc2ccccn2)ccn1. The van der Waals surface area contributed by atoms with Crippen LogP contribution in [-0.2, 0) is 17.6 Å². The van der Waals surface area contributed by atoms with E-state index in [0.29, 0.717) is 13.0 Å². The highest BCUT2D eigenvalue weighted by Crippen LogP contribution is 2.13. The van der Waals surface area contributed by atoms with Gasteiger partial charge in [0.15, 0.2) is 0 Å².